The Hall–Kier alpha value is -4.36. The fraction of sp³-hybridized carbons (Fsp3) is 0.364. The van der Waals surface area contributed by atoms with Gasteiger partial charge in [-0.1, -0.05) is 17.7 Å². The first-order valence-electron chi connectivity index (χ1n) is 14.7. The van der Waals surface area contributed by atoms with Crippen molar-refractivity contribution in [2.45, 2.75) is 56.5 Å². The molecule has 0 spiro atoms. The summed E-state index contributed by atoms with van der Waals surface area (Å²) in [6.07, 6.45) is -1.46. The van der Waals surface area contributed by atoms with Crippen LogP contribution in [0, 0.1) is 5.82 Å². The Morgan fingerprint density at radius 2 is 1.81 bits per heavy atom. The summed E-state index contributed by atoms with van der Waals surface area (Å²) in [5.41, 5.74) is -5.80. The summed E-state index contributed by atoms with van der Waals surface area (Å²) in [6, 6.07) is 9.41. The number of nitrogens with zero attached hydrogens (tertiary/aromatic N) is 1. The molecule has 1 heterocycles. The van der Waals surface area contributed by atoms with Gasteiger partial charge in [0.25, 0.3) is 5.91 Å². The Balaban J connectivity index is 1.72. The number of ether oxygens (including phenoxy) is 2. The number of hydrogen-bond acceptors (Lipinski definition) is 6. The Bertz CT molecular complexity index is 1650. The van der Waals surface area contributed by atoms with Crippen LogP contribution in [0.4, 0.5) is 22.4 Å². The first kappa shape index (κ1) is 35.5. The molecule has 14 heteroatoms. The minimum Gasteiger partial charge on any atom is -0.493 e. The van der Waals surface area contributed by atoms with Gasteiger partial charge in [-0.2, -0.15) is 13.2 Å². The Morgan fingerprint density at radius 1 is 1.09 bits per heavy atom. The topological polar surface area (TPSA) is 122 Å². The van der Waals surface area contributed by atoms with Gasteiger partial charge in [-0.15, -0.1) is 6.58 Å². The molecule has 0 bridgehead atoms. The molecule has 0 aliphatic heterocycles. The molecular formula is C33H35ClF4N4O5. The summed E-state index contributed by atoms with van der Waals surface area (Å²) >= 11 is 5.96. The Kier molecular flexibility index (Phi) is 10.7. The summed E-state index contributed by atoms with van der Waals surface area (Å²) in [7, 11) is 1.37. The number of carbonyl (C=O) groups is 2. The van der Waals surface area contributed by atoms with Gasteiger partial charge in [-0.3, -0.25) is 4.79 Å². The number of hydrogen-bond donors (Lipinski definition) is 4. The second kappa shape index (κ2) is 14.2. The van der Waals surface area contributed by atoms with Crippen molar-refractivity contribution < 1.29 is 41.7 Å². The first-order valence-corrected chi connectivity index (χ1v) is 15.0. The van der Waals surface area contributed by atoms with Gasteiger partial charge in [0.05, 0.1) is 41.7 Å². The van der Waals surface area contributed by atoms with Crippen molar-refractivity contribution in [1.82, 2.24) is 20.9 Å². The lowest BCUT2D eigenvalue weighted by atomic mass is 9.88. The van der Waals surface area contributed by atoms with Gasteiger partial charge in [0.1, 0.15) is 5.82 Å². The van der Waals surface area contributed by atoms with E-state index >= 15 is 0 Å². The number of aliphatic hydroxyl groups is 1. The molecule has 3 aromatic rings. The molecule has 0 saturated heterocycles. The smallest absolute Gasteiger partial charge is 0.424 e. The number of amides is 3. The lowest BCUT2D eigenvalue weighted by Gasteiger charge is -2.33. The fourth-order valence-electron chi connectivity index (χ4n) is 4.51. The molecule has 4 rings (SSSR count). The van der Waals surface area contributed by atoms with E-state index in [1.165, 1.54) is 43.5 Å². The van der Waals surface area contributed by atoms with Crippen LogP contribution in [0.15, 0.2) is 61.2 Å². The van der Waals surface area contributed by atoms with Crippen molar-refractivity contribution in [2.24, 2.45) is 0 Å². The molecule has 252 valence electrons. The summed E-state index contributed by atoms with van der Waals surface area (Å²) in [5.74, 6) is -1.08. The van der Waals surface area contributed by atoms with E-state index in [2.05, 4.69) is 27.5 Å². The summed E-state index contributed by atoms with van der Waals surface area (Å²) in [5, 5.41) is 18.5. The number of halogens is 5. The zero-order valence-corrected chi connectivity index (χ0v) is 26.7. The van der Waals surface area contributed by atoms with Crippen LogP contribution < -0.4 is 25.4 Å². The largest absolute Gasteiger partial charge is 0.493 e. The quantitative estimate of drug-likeness (QED) is 0.0946. The number of carbonyl (C=O) groups excluding carboxylic acids is 2. The van der Waals surface area contributed by atoms with Gasteiger partial charge in [-0.25, -0.2) is 14.2 Å². The van der Waals surface area contributed by atoms with Crippen LogP contribution in [0.1, 0.15) is 54.7 Å². The second-order valence-corrected chi connectivity index (χ2v) is 12.0. The third-order valence-electron chi connectivity index (χ3n) is 7.46. The number of urea groups is 1. The van der Waals surface area contributed by atoms with Crippen molar-refractivity contribution in [1.29, 1.82) is 0 Å². The van der Waals surface area contributed by atoms with Crippen LogP contribution in [0.2, 0.25) is 5.02 Å². The maximum absolute atomic E-state index is 14.8. The number of aromatic nitrogens is 1. The van der Waals surface area contributed by atoms with E-state index in [-0.39, 0.29) is 45.8 Å². The minimum atomic E-state index is -5.34. The second-order valence-electron chi connectivity index (χ2n) is 11.6. The molecule has 4 N–H and O–H groups in total. The van der Waals surface area contributed by atoms with Crippen molar-refractivity contribution in [3.63, 3.8) is 0 Å². The predicted molar refractivity (Wildman–Crippen MR) is 168 cm³/mol. The van der Waals surface area contributed by atoms with E-state index in [0.717, 1.165) is 25.0 Å². The first-order chi connectivity index (χ1) is 22.1. The van der Waals surface area contributed by atoms with Crippen LogP contribution in [0.25, 0.3) is 11.3 Å². The van der Waals surface area contributed by atoms with E-state index in [0.29, 0.717) is 12.2 Å². The number of nitrogens with one attached hydrogen (secondary N) is 3. The molecule has 1 aliphatic rings. The fourth-order valence-corrected chi connectivity index (χ4v) is 4.69. The van der Waals surface area contributed by atoms with Crippen LogP contribution in [0.3, 0.4) is 0 Å². The molecule has 47 heavy (non-hydrogen) atoms. The number of methoxy groups -OCH3 is 1. The molecule has 3 amide bonds. The maximum atomic E-state index is 14.8. The highest BCUT2D eigenvalue weighted by atomic mass is 35.5. The lowest BCUT2D eigenvalue weighted by Crippen LogP contribution is -2.52. The van der Waals surface area contributed by atoms with E-state index < -0.39 is 47.3 Å². The maximum Gasteiger partial charge on any atom is 0.424 e. The standard InChI is InChI=1S/C33H35ClF4N4O5/c1-5-6-13-39-30(44)42-31(2,3)21-16-25(19-7-11-24(35)23(34)14-19)41-28(17-21)32(45,33(36,37)38)18-40-29(43)20-8-12-26(27(15-20)46-4)47-22-9-10-22/h5,7-8,11-12,14-17,22,45H,1,6,9-10,13,18H2,2-4H3,(H,40,43)(H2,39,42,44). The predicted octanol–water partition coefficient (Wildman–Crippen LogP) is 6.38. The highest BCUT2D eigenvalue weighted by molar-refractivity contribution is 6.31. The van der Waals surface area contributed by atoms with Gasteiger partial charge in [0, 0.05) is 17.7 Å². The monoisotopic (exact) mass is 678 g/mol. The summed E-state index contributed by atoms with van der Waals surface area (Å²) < 4.78 is 69.3. The molecule has 0 radical (unpaired) electrons. The molecule has 1 saturated carbocycles. The molecule has 9 nitrogen and oxygen atoms in total. The van der Waals surface area contributed by atoms with Crippen molar-refractivity contribution in [3.05, 3.63) is 88.8 Å². The minimum absolute atomic E-state index is 0.0364. The van der Waals surface area contributed by atoms with Crippen LogP contribution >= 0.6 is 11.6 Å². The molecule has 1 aromatic heterocycles. The number of rotatable bonds is 13. The number of alkyl halides is 3. The lowest BCUT2D eigenvalue weighted by molar-refractivity contribution is -0.265. The molecular weight excluding hydrogens is 644 g/mol. The summed E-state index contributed by atoms with van der Waals surface area (Å²) in [4.78, 5) is 29.8. The summed E-state index contributed by atoms with van der Waals surface area (Å²) in [6.45, 7) is 5.61. The Morgan fingerprint density at radius 3 is 2.43 bits per heavy atom. The zero-order valence-electron chi connectivity index (χ0n) is 25.9. The van der Waals surface area contributed by atoms with Crippen molar-refractivity contribution in [2.75, 3.05) is 20.2 Å². The normalized spacial score (nSPS) is 14.5. The van der Waals surface area contributed by atoms with Gasteiger partial charge < -0.3 is 30.5 Å². The highest BCUT2D eigenvalue weighted by Gasteiger charge is 2.56. The van der Waals surface area contributed by atoms with Crippen molar-refractivity contribution >= 4 is 23.5 Å². The van der Waals surface area contributed by atoms with Gasteiger partial charge >= 0.3 is 12.2 Å². The van der Waals surface area contributed by atoms with Crippen LogP contribution in [0.5, 0.6) is 11.5 Å². The Labute approximate surface area is 274 Å². The zero-order chi connectivity index (χ0) is 34.6. The third kappa shape index (κ3) is 8.52. The molecule has 1 atom stereocenters. The van der Waals surface area contributed by atoms with Gasteiger partial charge in [-0.05, 0) is 87.2 Å². The molecule has 1 aliphatic carbocycles. The van der Waals surface area contributed by atoms with Crippen molar-refractivity contribution in [3.8, 4) is 22.8 Å². The average Bonchev–Trinajstić information content (AvgIpc) is 3.84. The van der Waals surface area contributed by atoms with E-state index in [1.807, 2.05) is 0 Å². The van der Waals surface area contributed by atoms with E-state index in [4.69, 9.17) is 21.1 Å². The van der Waals surface area contributed by atoms with Gasteiger partial charge in [0.15, 0.2) is 11.5 Å². The number of benzene rings is 2. The highest BCUT2D eigenvalue weighted by Crippen LogP contribution is 2.41. The molecule has 1 unspecified atom stereocenters. The SMILES string of the molecule is C=CCCNC(=O)NC(C)(C)c1cc(-c2ccc(F)c(Cl)c2)nc(C(O)(CNC(=O)c2ccc(OC3CC3)c(OC)c2)C(F)(F)F)c1. The average molecular weight is 679 g/mol. The molecule has 1 fully saturated rings. The van der Waals surface area contributed by atoms with E-state index in [1.54, 1.807) is 19.9 Å². The van der Waals surface area contributed by atoms with E-state index in [9.17, 15) is 32.3 Å². The molecule has 2 aromatic carbocycles. The van der Waals surface area contributed by atoms with Crippen LogP contribution in [-0.4, -0.2) is 54.5 Å². The number of pyridine rings is 1. The van der Waals surface area contributed by atoms with Crippen LogP contribution in [-0.2, 0) is 11.1 Å². The van der Waals surface area contributed by atoms with Gasteiger partial charge in [0.2, 0.25) is 5.60 Å². The third-order valence-corrected chi connectivity index (χ3v) is 7.75.